The van der Waals surface area contributed by atoms with Crippen molar-refractivity contribution in [3.63, 3.8) is 0 Å². The first kappa shape index (κ1) is 22.0. The molecule has 1 N–H and O–H groups in total. The number of amides is 1. The number of carbonyl (C=O) groups excluding carboxylic acids is 1. The van der Waals surface area contributed by atoms with Crippen LogP contribution >= 0.6 is 0 Å². The van der Waals surface area contributed by atoms with Crippen LogP contribution in [0.25, 0.3) is 5.69 Å². The third kappa shape index (κ3) is 4.55. The topological polar surface area (TPSA) is 106 Å². The summed E-state index contributed by atoms with van der Waals surface area (Å²) in [4.78, 5) is 16.9. The Morgan fingerprint density at radius 1 is 1.03 bits per heavy atom. The molecule has 10 heteroatoms. The Morgan fingerprint density at radius 3 is 2.48 bits per heavy atom. The molecule has 4 aromatic rings. The zero-order valence-electron chi connectivity index (χ0n) is 17.9. The van der Waals surface area contributed by atoms with E-state index in [2.05, 4.69) is 15.4 Å². The van der Waals surface area contributed by atoms with Gasteiger partial charge in [0.1, 0.15) is 18.4 Å². The van der Waals surface area contributed by atoms with Gasteiger partial charge in [0.05, 0.1) is 29.1 Å². The molecule has 9 nitrogen and oxygen atoms in total. The minimum absolute atomic E-state index is 0.00182. The minimum atomic E-state index is -3.89. The Bertz CT molecular complexity index is 1370. The first-order valence-electron chi connectivity index (χ1n) is 9.88. The monoisotopic (exact) mass is 463 g/mol. The van der Waals surface area contributed by atoms with Gasteiger partial charge < -0.3 is 10.1 Å². The van der Waals surface area contributed by atoms with Gasteiger partial charge in [0, 0.05) is 12.6 Å². The second-order valence-corrected chi connectivity index (χ2v) is 8.98. The van der Waals surface area contributed by atoms with Gasteiger partial charge in [-0.05, 0) is 54.6 Å². The van der Waals surface area contributed by atoms with E-state index >= 15 is 0 Å². The first-order valence-corrected chi connectivity index (χ1v) is 11.3. The maximum atomic E-state index is 13.2. The number of anilines is 2. The number of nitrogens with one attached hydrogen (secondary N) is 1. The fourth-order valence-electron chi connectivity index (χ4n) is 3.19. The van der Waals surface area contributed by atoms with Crippen LogP contribution in [-0.4, -0.2) is 43.2 Å². The van der Waals surface area contributed by atoms with Crippen molar-refractivity contribution in [3.05, 3.63) is 91.0 Å². The SMILES string of the molecule is COc1ccc(N(C)S(=O)(=O)c2cccc(C(=O)Nc3ccccc3-n3cncn3)c2)cc1. The number of sulfonamides is 1. The average Bonchev–Trinajstić information content (AvgIpc) is 3.39. The highest BCUT2D eigenvalue weighted by Crippen LogP contribution is 2.25. The Labute approximate surface area is 191 Å². The van der Waals surface area contributed by atoms with Crippen molar-refractivity contribution in [2.45, 2.75) is 4.90 Å². The summed E-state index contributed by atoms with van der Waals surface area (Å²) in [5.41, 5.74) is 1.81. The van der Waals surface area contributed by atoms with Crippen LogP contribution in [0.1, 0.15) is 10.4 Å². The third-order valence-electron chi connectivity index (χ3n) is 5.01. The van der Waals surface area contributed by atoms with Gasteiger partial charge in [0.25, 0.3) is 15.9 Å². The van der Waals surface area contributed by atoms with E-state index in [4.69, 9.17) is 4.74 Å². The van der Waals surface area contributed by atoms with Crippen LogP contribution in [0.15, 0.2) is 90.3 Å². The first-order chi connectivity index (χ1) is 15.9. The van der Waals surface area contributed by atoms with Crippen molar-refractivity contribution in [1.82, 2.24) is 14.8 Å². The molecule has 0 atom stereocenters. The number of methoxy groups -OCH3 is 1. The molecule has 0 saturated carbocycles. The molecular formula is C23H21N5O4S. The van der Waals surface area contributed by atoms with E-state index in [1.807, 2.05) is 6.07 Å². The normalized spacial score (nSPS) is 11.1. The molecule has 1 amide bonds. The second kappa shape index (κ2) is 9.13. The molecule has 4 rings (SSSR count). The number of nitrogens with zero attached hydrogens (tertiary/aromatic N) is 4. The highest BCUT2D eigenvalue weighted by molar-refractivity contribution is 7.92. The molecule has 0 saturated heterocycles. The van der Waals surface area contributed by atoms with Crippen LogP contribution in [-0.2, 0) is 10.0 Å². The molecule has 0 aliphatic carbocycles. The number of ether oxygens (including phenoxy) is 1. The van der Waals surface area contributed by atoms with Crippen molar-refractivity contribution >= 4 is 27.3 Å². The van der Waals surface area contributed by atoms with E-state index in [9.17, 15) is 13.2 Å². The summed E-state index contributed by atoms with van der Waals surface area (Å²) in [7, 11) is -0.899. The Hall–Kier alpha value is -4.18. The lowest BCUT2D eigenvalue weighted by atomic mass is 10.2. The van der Waals surface area contributed by atoms with E-state index in [-0.39, 0.29) is 10.5 Å². The second-order valence-electron chi connectivity index (χ2n) is 7.01. The van der Waals surface area contributed by atoms with E-state index in [0.29, 0.717) is 22.8 Å². The quantitative estimate of drug-likeness (QED) is 0.451. The van der Waals surface area contributed by atoms with Crippen LogP contribution in [0.2, 0.25) is 0 Å². The number of rotatable bonds is 7. The van der Waals surface area contributed by atoms with Gasteiger partial charge in [-0.3, -0.25) is 9.10 Å². The molecule has 0 aliphatic rings. The predicted octanol–water partition coefficient (Wildman–Crippen LogP) is 3.35. The summed E-state index contributed by atoms with van der Waals surface area (Å²) in [6.07, 6.45) is 2.92. The molecule has 0 bridgehead atoms. The summed E-state index contributed by atoms with van der Waals surface area (Å²) in [5, 5.41) is 6.91. The third-order valence-corrected chi connectivity index (χ3v) is 6.79. The molecule has 0 spiro atoms. The smallest absolute Gasteiger partial charge is 0.264 e. The van der Waals surface area contributed by atoms with Crippen LogP contribution in [0.5, 0.6) is 5.75 Å². The van der Waals surface area contributed by atoms with Gasteiger partial charge >= 0.3 is 0 Å². The summed E-state index contributed by atoms with van der Waals surface area (Å²) in [6.45, 7) is 0. The van der Waals surface area contributed by atoms with E-state index < -0.39 is 15.9 Å². The molecule has 3 aromatic carbocycles. The number of para-hydroxylation sites is 2. The average molecular weight is 464 g/mol. The molecule has 1 aromatic heterocycles. The van der Waals surface area contributed by atoms with Crippen molar-refractivity contribution in [3.8, 4) is 11.4 Å². The van der Waals surface area contributed by atoms with Crippen LogP contribution < -0.4 is 14.4 Å². The summed E-state index contributed by atoms with van der Waals surface area (Å²) < 4.78 is 34.2. The molecular weight excluding hydrogens is 442 g/mol. The van der Waals surface area contributed by atoms with Gasteiger partial charge in [0.15, 0.2) is 0 Å². The minimum Gasteiger partial charge on any atom is -0.497 e. The molecule has 0 aliphatic heterocycles. The maximum Gasteiger partial charge on any atom is 0.264 e. The largest absolute Gasteiger partial charge is 0.497 e. The maximum absolute atomic E-state index is 13.2. The van der Waals surface area contributed by atoms with Crippen LogP contribution in [0.4, 0.5) is 11.4 Å². The number of carbonyl (C=O) groups is 1. The lowest BCUT2D eigenvalue weighted by Gasteiger charge is -2.20. The van der Waals surface area contributed by atoms with Gasteiger partial charge in [-0.1, -0.05) is 18.2 Å². The molecule has 1 heterocycles. The lowest BCUT2D eigenvalue weighted by molar-refractivity contribution is 0.102. The van der Waals surface area contributed by atoms with E-state index in [1.165, 1.54) is 49.7 Å². The summed E-state index contributed by atoms with van der Waals surface area (Å²) >= 11 is 0. The highest BCUT2D eigenvalue weighted by atomic mass is 32.2. The molecule has 0 unspecified atom stereocenters. The van der Waals surface area contributed by atoms with Gasteiger partial charge in [-0.2, -0.15) is 5.10 Å². The Morgan fingerprint density at radius 2 is 1.79 bits per heavy atom. The highest BCUT2D eigenvalue weighted by Gasteiger charge is 2.23. The van der Waals surface area contributed by atoms with Crippen molar-refractivity contribution in [2.24, 2.45) is 0 Å². The van der Waals surface area contributed by atoms with Gasteiger partial charge in [0.2, 0.25) is 0 Å². The summed E-state index contributed by atoms with van der Waals surface area (Å²) in [6, 6.07) is 19.7. The fourth-order valence-corrected chi connectivity index (χ4v) is 4.43. The van der Waals surface area contributed by atoms with Crippen molar-refractivity contribution < 1.29 is 17.9 Å². The molecule has 0 radical (unpaired) electrons. The van der Waals surface area contributed by atoms with Crippen LogP contribution in [0.3, 0.4) is 0 Å². The number of aromatic nitrogens is 3. The van der Waals surface area contributed by atoms with E-state index in [1.54, 1.807) is 48.5 Å². The number of hydrogen-bond donors (Lipinski definition) is 1. The standard InChI is InChI=1S/C23H21N5O4S/c1-27(18-10-12-19(32-2)13-11-18)33(30,31)20-7-5-6-17(14-20)23(29)26-21-8-3-4-9-22(21)28-16-24-15-25-28/h3-16H,1-2H3,(H,26,29). The van der Waals surface area contributed by atoms with E-state index in [0.717, 1.165) is 4.31 Å². The zero-order valence-corrected chi connectivity index (χ0v) is 18.7. The molecule has 168 valence electrons. The zero-order chi connectivity index (χ0) is 23.4. The number of benzene rings is 3. The fraction of sp³-hybridized carbons (Fsp3) is 0.0870. The summed E-state index contributed by atoms with van der Waals surface area (Å²) in [5.74, 6) is 0.168. The lowest BCUT2D eigenvalue weighted by Crippen LogP contribution is -2.26. The van der Waals surface area contributed by atoms with Crippen molar-refractivity contribution in [1.29, 1.82) is 0 Å². The van der Waals surface area contributed by atoms with Gasteiger partial charge in [-0.25, -0.2) is 18.1 Å². The van der Waals surface area contributed by atoms with Gasteiger partial charge in [-0.15, -0.1) is 0 Å². The van der Waals surface area contributed by atoms with Crippen molar-refractivity contribution in [2.75, 3.05) is 23.8 Å². The molecule has 0 fully saturated rings. The van der Waals surface area contributed by atoms with Crippen LogP contribution in [0, 0.1) is 0 Å². The Balaban J connectivity index is 1.59. The Kier molecular flexibility index (Phi) is 6.09. The number of hydrogen-bond acceptors (Lipinski definition) is 6. The predicted molar refractivity (Wildman–Crippen MR) is 124 cm³/mol. The molecule has 33 heavy (non-hydrogen) atoms.